The Balaban J connectivity index is 1.96. The third kappa shape index (κ3) is 2.27. The standard InChI is InChI=1S/C13H11N5O3/c1-16-12-11(6-15-16)13(19)17(8-14-12)7-9-2-4-10(5-3-9)18(20)21/h2-6,8H,7H2,1H3. The van der Waals surface area contributed by atoms with Crippen LogP contribution in [-0.4, -0.2) is 24.3 Å². The highest BCUT2D eigenvalue weighted by Crippen LogP contribution is 2.12. The number of nitro benzene ring substituents is 1. The van der Waals surface area contributed by atoms with Gasteiger partial charge in [-0.05, 0) is 5.56 Å². The van der Waals surface area contributed by atoms with E-state index in [0.717, 1.165) is 5.56 Å². The van der Waals surface area contributed by atoms with Crippen LogP contribution in [0.2, 0.25) is 0 Å². The molecule has 3 rings (SSSR count). The lowest BCUT2D eigenvalue weighted by atomic mass is 10.2. The molecule has 0 saturated heterocycles. The summed E-state index contributed by atoms with van der Waals surface area (Å²) in [5.41, 5.74) is 1.14. The van der Waals surface area contributed by atoms with Crippen LogP contribution in [0.1, 0.15) is 5.56 Å². The summed E-state index contributed by atoms with van der Waals surface area (Å²) in [4.78, 5) is 26.6. The van der Waals surface area contributed by atoms with Crippen molar-refractivity contribution in [2.24, 2.45) is 7.05 Å². The van der Waals surface area contributed by atoms with E-state index in [1.54, 1.807) is 19.2 Å². The molecule has 0 aliphatic carbocycles. The molecule has 2 heterocycles. The van der Waals surface area contributed by atoms with Gasteiger partial charge in [0.2, 0.25) is 0 Å². The molecule has 0 unspecified atom stereocenters. The van der Waals surface area contributed by atoms with Gasteiger partial charge < -0.3 is 0 Å². The molecular formula is C13H11N5O3. The van der Waals surface area contributed by atoms with Crippen molar-refractivity contribution in [1.29, 1.82) is 0 Å². The SMILES string of the molecule is Cn1ncc2c(=O)n(Cc3ccc([N+](=O)[O-])cc3)cnc21. The fourth-order valence-corrected chi connectivity index (χ4v) is 2.10. The molecule has 0 N–H and O–H groups in total. The summed E-state index contributed by atoms with van der Waals surface area (Å²) >= 11 is 0. The fourth-order valence-electron chi connectivity index (χ4n) is 2.10. The number of rotatable bonds is 3. The largest absolute Gasteiger partial charge is 0.294 e. The lowest BCUT2D eigenvalue weighted by Gasteiger charge is -2.05. The second-order valence-corrected chi connectivity index (χ2v) is 4.61. The predicted molar refractivity (Wildman–Crippen MR) is 75.0 cm³/mol. The highest BCUT2D eigenvalue weighted by molar-refractivity contribution is 5.72. The predicted octanol–water partition coefficient (Wildman–Crippen LogP) is 1.09. The molecule has 0 amide bonds. The summed E-state index contributed by atoms with van der Waals surface area (Å²) < 4.78 is 2.98. The first-order valence-electron chi connectivity index (χ1n) is 6.17. The summed E-state index contributed by atoms with van der Waals surface area (Å²) in [6, 6.07) is 6.07. The number of nitrogens with zero attached hydrogens (tertiary/aromatic N) is 5. The third-order valence-electron chi connectivity index (χ3n) is 3.22. The molecule has 21 heavy (non-hydrogen) atoms. The molecular weight excluding hydrogens is 274 g/mol. The normalized spacial score (nSPS) is 10.9. The van der Waals surface area contributed by atoms with Crippen LogP contribution in [0.3, 0.4) is 0 Å². The molecule has 3 aromatic rings. The Morgan fingerprint density at radius 1 is 1.29 bits per heavy atom. The topological polar surface area (TPSA) is 95.8 Å². The smallest absolute Gasteiger partial charge is 0.269 e. The molecule has 8 nitrogen and oxygen atoms in total. The van der Waals surface area contributed by atoms with Crippen LogP contribution in [0.25, 0.3) is 11.0 Å². The van der Waals surface area contributed by atoms with Gasteiger partial charge in [0.25, 0.3) is 11.2 Å². The summed E-state index contributed by atoms with van der Waals surface area (Å²) in [6.07, 6.45) is 2.94. The first-order chi connectivity index (χ1) is 10.1. The van der Waals surface area contributed by atoms with Gasteiger partial charge in [0.15, 0.2) is 5.65 Å². The Kier molecular flexibility index (Phi) is 2.98. The van der Waals surface area contributed by atoms with Crippen molar-refractivity contribution in [3.05, 3.63) is 62.8 Å². The Bertz CT molecular complexity index is 879. The van der Waals surface area contributed by atoms with E-state index in [1.807, 2.05) is 0 Å². The van der Waals surface area contributed by atoms with Crippen LogP contribution in [0, 0.1) is 10.1 Å². The number of nitro groups is 1. The van der Waals surface area contributed by atoms with Gasteiger partial charge in [-0.2, -0.15) is 5.10 Å². The van der Waals surface area contributed by atoms with Crippen LogP contribution in [0.5, 0.6) is 0 Å². The Morgan fingerprint density at radius 2 is 2.00 bits per heavy atom. The zero-order chi connectivity index (χ0) is 15.0. The van der Waals surface area contributed by atoms with Crippen molar-refractivity contribution < 1.29 is 4.92 Å². The molecule has 0 saturated carbocycles. The van der Waals surface area contributed by atoms with Crippen LogP contribution in [-0.2, 0) is 13.6 Å². The van der Waals surface area contributed by atoms with Gasteiger partial charge in [0, 0.05) is 19.2 Å². The highest BCUT2D eigenvalue weighted by Gasteiger charge is 2.09. The van der Waals surface area contributed by atoms with Gasteiger partial charge in [-0.3, -0.25) is 24.2 Å². The molecule has 0 spiro atoms. The van der Waals surface area contributed by atoms with Crippen molar-refractivity contribution in [3.8, 4) is 0 Å². The number of non-ortho nitro benzene ring substituents is 1. The Hall–Kier alpha value is -3.03. The van der Waals surface area contributed by atoms with E-state index in [0.29, 0.717) is 17.6 Å². The molecule has 0 aliphatic heterocycles. The maximum absolute atomic E-state index is 12.3. The highest BCUT2D eigenvalue weighted by atomic mass is 16.6. The third-order valence-corrected chi connectivity index (χ3v) is 3.22. The van der Waals surface area contributed by atoms with E-state index in [9.17, 15) is 14.9 Å². The van der Waals surface area contributed by atoms with Crippen molar-refractivity contribution in [1.82, 2.24) is 19.3 Å². The molecule has 0 radical (unpaired) electrons. The summed E-state index contributed by atoms with van der Waals surface area (Å²) in [6.45, 7) is 0.300. The number of benzene rings is 1. The number of aryl methyl sites for hydroxylation is 1. The zero-order valence-corrected chi connectivity index (χ0v) is 11.1. The van der Waals surface area contributed by atoms with Gasteiger partial charge in [0.05, 0.1) is 17.7 Å². The van der Waals surface area contributed by atoms with Crippen LogP contribution >= 0.6 is 0 Å². The van der Waals surface area contributed by atoms with E-state index in [4.69, 9.17) is 0 Å². The van der Waals surface area contributed by atoms with Crippen LogP contribution in [0.15, 0.2) is 41.6 Å². The average molecular weight is 285 g/mol. The Labute approximate surface area is 118 Å². The molecule has 2 aromatic heterocycles. The van der Waals surface area contributed by atoms with Crippen molar-refractivity contribution in [2.75, 3.05) is 0 Å². The van der Waals surface area contributed by atoms with E-state index < -0.39 is 4.92 Å². The second-order valence-electron chi connectivity index (χ2n) is 4.61. The minimum absolute atomic E-state index is 0.0203. The maximum Gasteiger partial charge on any atom is 0.269 e. The Morgan fingerprint density at radius 3 is 2.67 bits per heavy atom. The number of hydrogen-bond donors (Lipinski definition) is 0. The van der Waals surface area contributed by atoms with Crippen molar-refractivity contribution >= 4 is 16.7 Å². The molecule has 0 fully saturated rings. The van der Waals surface area contributed by atoms with Gasteiger partial charge in [0.1, 0.15) is 11.7 Å². The van der Waals surface area contributed by atoms with E-state index >= 15 is 0 Å². The molecule has 0 aliphatic rings. The summed E-state index contributed by atoms with van der Waals surface area (Å²) in [5.74, 6) is 0. The fraction of sp³-hybridized carbons (Fsp3) is 0.154. The number of hydrogen-bond acceptors (Lipinski definition) is 5. The van der Waals surface area contributed by atoms with E-state index in [2.05, 4.69) is 10.1 Å². The van der Waals surface area contributed by atoms with Crippen molar-refractivity contribution in [2.45, 2.75) is 6.54 Å². The second kappa shape index (κ2) is 4.82. The monoisotopic (exact) mass is 285 g/mol. The average Bonchev–Trinajstić information content (AvgIpc) is 2.85. The quantitative estimate of drug-likeness (QED) is 0.530. The lowest BCUT2D eigenvalue weighted by Crippen LogP contribution is -2.21. The zero-order valence-electron chi connectivity index (χ0n) is 11.1. The lowest BCUT2D eigenvalue weighted by molar-refractivity contribution is -0.384. The van der Waals surface area contributed by atoms with E-state index in [1.165, 1.54) is 33.9 Å². The minimum Gasteiger partial charge on any atom is -0.294 e. The van der Waals surface area contributed by atoms with Gasteiger partial charge in [-0.25, -0.2) is 4.98 Å². The summed E-state index contributed by atoms with van der Waals surface area (Å²) in [7, 11) is 1.72. The first-order valence-corrected chi connectivity index (χ1v) is 6.17. The summed E-state index contributed by atoms with van der Waals surface area (Å²) in [5, 5.41) is 15.1. The number of fused-ring (bicyclic) bond motifs is 1. The number of aromatic nitrogens is 4. The van der Waals surface area contributed by atoms with Crippen LogP contribution in [0.4, 0.5) is 5.69 Å². The van der Waals surface area contributed by atoms with Crippen LogP contribution < -0.4 is 5.56 Å². The van der Waals surface area contributed by atoms with Gasteiger partial charge in [-0.1, -0.05) is 12.1 Å². The molecule has 1 aromatic carbocycles. The van der Waals surface area contributed by atoms with Gasteiger partial charge >= 0.3 is 0 Å². The maximum atomic E-state index is 12.3. The molecule has 106 valence electrons. The minimum atomic E-state index is -0.459. The molecule has 0 bridgehead atoms. The first kappa shape index (κ1) is 13.0. The van der Waals surface area contributed by atoms with Gasteiger partial charge in [-0.15, -0.1) is 0 Å². The van der Waals surface area contributed by atoms with E-state index in [-0.39, 0.29) is 11.2 Å². The molecule has 8 heteroatoms. The van der Waals surface area contributed by atoms with Crippen molar-refractivity contribution in [3.63, 3.8) is 0 Å². The molecule has 0 atom stereocenters.